The Morgan fingerprint density at radius 3 is 2.72 bits per heavy atom. The van der Waals surface area contributed by atoms with Crippen LogP contribution < -0.4 is 5.32 Å². The van der Waals surface area contributed by atoms with Crippen molar-refractivity contribution in [2.45, 2.75) is 58.5 Å². The molecule has 0 spiro atoms. The number of aliphatic hydroxyl groups is 1. The van der Waals surface area contributed by atoms with E-state index in [-0.39, 0.29) is 0 Å². The summed E-state index contributed by atoms with van der Waals surface area (Å²) in [4.78, 5) is 5.84. The van der Waals surface area contributed by atoms with Gasteiger partial charge in [-0.1, -0.05) is 12.8 Å². The van der Waals surface area contributed by atoms with Gasteiger partial charge in [0.2, 0.25) is 0 Å². The minimum absolute atomic E-state index is 0.311. The van der Waals surface area contributed by atoms with Gasteiger partial charge in [0, 0.05) is 23.6 Å². The number of hydrogen-bond acceptors (Lipinski definition) is 4. The van der Waals surface area contributed by atoms with Crippen LogP contribution in [0, 0.1) is 19.8 Å². The smallest absolute Gasteiger partial charge is 0.0900 e. The first-order valence-electron chi connectivity index (χ1n) is 6.92. The van der Waals surface area contributed by atoms with Crippen molar-refractivity contribution in [1.82, 2.24) is 10.3 Å². The highest BCUT2D eigenvalue weighted by Crippen LogP contribution is 2.29. The van der Waals surface area contributed by atoms with Crippen LogP contribution in [-0.4, -0.2) is 22.7 Å². The Morgan fingerprint density at radius 2 is 2.11 bits per heavy atom. The molecule has 3 nitrogen and oxygen atoms in total. The maximum atomic E-state index is 9.45. The number of nitrogens with one attached hydrogen (secondary N) is 1. The van der Waals surface area contributed by atoms with E-state index in [2.05, 4.69) is 31.1 Å². The second-order valence-corrected chi connectivity index (χ2v) is 6.64. The molecule has 2 rings (SSSR count). The largest absolute Gasteiger partial charge is 0.396 e. The van der Waals surface area contributed by atoms with Gasteiger partial charge in [-0.25, -0.2) is 4.98 Å². The third kappa shape index (κ3) is 3.11. The summed E-state index contributed by atoms with van der Waals surface area (Å²) < 4.78 is 0. The van der Waals surface area contributed by atoms with E-state index < -0.39 is 0 Å². The molecule has 1 aliphatic carbocycles. The van der Waals surface area contributed by atoms with Crippen molar-refractivity contribution >= 4 is 11.3 Å². The predicted molar refractivity (Wildman–Crippen MR) is 76.0 cm³/mol. The van der Waals surface area contributed by atoms with Crippen LogP contribution in [0.25, 0.3) is 0 Å². The zero-order valence-corrected chi connectivity index (χ0v) is 12.4. The van der Waals surface area contributed by atoms with E-state index in [1.807, 2.05) is 0 Å². The van der Waals surface area contributed by atoms with Gasteiger partial charge in [-0.05, 0) is 39.5 Å². The molecule has 3 unspecified atom stereocenters. The Kier molecular flexibility index (Phi) is 4.76. The SMILES string of the molecule is Cc1nc(C)c(C(C)NC2CCCCC2CO)s1. The van der Waals surface area contributed by atoms with Gasteiger partial charge in [0.05, 0.1) is 10.7 Å². The summed E-state index contributed by atoms with van der Waals surface area (Å²) in [6.45, 7) is 6.67. The lowest BCUT2D eigenvalue weighted by atomic mass is 9.84. The molecule has 4 heteroatoms. The van der Waals surface area contributed by atoms with Gasteiger partial charge in [-0.2, -0.15) is 0 Å². The molecule has 1 aromatic rings. The molecule has 0 bridgehead atoms. The zero-order chi connectivity index (χ0) is 13.1. The van der Waals surface area contributed by atoms with Crippen LogP contribution in [0.3, 0.4) is 0 Å². The van der Waals surface area contributed by atoms with Crippen molar-refractivity contribution in [1.29, 1.82) is 0 Å². The second-order valence-electron chi connectivity index (χ2n) is 5.40. The molecule has 1 heterocycles. The van der Waals surface area contributed by atoms with Crippen LogP contribution in [0.15, 0.2) is 0 Å². The summed E-state index contributed by atoms with van der Waals surface area (Å²) in [5.74, 6) is 0.426. The molecule has 0 radical (unpaired) electrons. The van der Waals surface area contributed by atoms with Gasteiger partial charge >= 0.3 is 0 Å². The molecule has 1 fully saturated rings. The lowest BCUT2D eigenvalue weighted by Gasteiger charge is -2.33. The number of aliphatic hydroxyl groups excluding tert-OH is 1. The van der Waals surface area contributed by atoms with E-state index in [4.69, 9.17) is 0 Å². The van der Waals surface area contributed by atoms with Gasteiger partial charge in [0.1, 0.15) is 0 Å². The van der Waals surface area contributed by atoms with Crippen molar-refractivity contribution in [2.75, 3.05) is 6.61 Å². The summed E-state index contributed by atoms with van der Waals surface area (Å²) in [6, 6.07) is 0.800. The summed E-state index contributed by atoms with van der Waals surface area (Å²) >= 11 is 1.78. The van der Waals surface area contributed by atoms with Gasteiger partial charge in [-0.15, -0.1) is 11.3 Å². The van der Waals surface area contributed by atoms with Crippen molar-refractivity contribution < 1.29 is 5.11 Å². The second kappa shape index (κ2) is 6.13. The fourth-order valence-electron chi connectivity index (χ4n) is 2.99. The van der Waals surface area contributed by atoms with Gasteiger partial charge in [-0.3, -0.25) is 0 Å². The Labute approximate surface area is 114 Å². The summed E-state index contributed by atoms with van der Waals surface area (Å²) in [5, 5.41) is 14.3. The highest BCUT2D eigenvalue weighted by molar-refractivity contribution is 7.11. The van der Waals surface area contributed by atoms with E-state index in [0.29, 0.717) is 24.6 Å². The van der Waals surface area contributed by atoms with Crippen molar-refractivity contribution in [3.63, 3.8) is 0 Å². The van der Waals surface area contributed by atoms with E-state index in [9.17, 15) is 5.11 Å². The molecular formula is C14H24N2OS. The predicted octanol–water partition coefficient (Wildman–Crippen LogP) is 2.96. The Hall–Kier alpha value is -0.450. The number of aryl methyl sites for hydroxylation is 2. The molecule has 102 valence electrons. The molecule has 0 aliphatic heterocycles. The van der Waals surface area contributed by atoms with Gasteiger partial charge < -0.3 is 10.4 Å². The van der Waals surface area contributed by atoms with E-state index >= 15 is 0 Å². The molecule has 1 aromatic heterocycles. The molecule has 0 saturated heterocycles. The van der Waals surface area contributed by atoms with Crippen LogP contribution in [0.1, 0.15) is 54.2 Å². The molecule has 0 amide bonds. The average molecular weight is 268 g/mol. The monoisotopic (exact) mass is 268 g/mol. The van der Waals surface area contributed by atoms with Crippen molar-refractivity contribution in [2.24, 2.45) is 5.92 Å². The first-order valence-corrected chi connectivity index (χ1v) is 7.74. The summed E-state index contributed by atoms with van der Waals surface area (Å²) in [7, 11) is 0. The number of nitrogens with zero attached hydrogens (tertiary/aromatic N) is 1. The van der Waals surface area contributed by atoms with Crippen LogP contribution in [0.2, 0.25) is 0 Å². The molecule has 18 heavy (non-hydrogen) atoms. The lowest BCUT2D eigenvalue weighted by molar-refractivity contribution is 0.147. The maximum absolute atomic E-state index is 9.45. The third-order valence-corrected chi connectivity index (χ3v) is 5.20. The quantitative estimate of drug-likeness (QED) is 0.882. The molecular weight excluding hydrogens is 244 g/mol. The van der Waals surface area contributed by atoms with Crippen LogP contribution >= 0.6 is 11.3 Å². The molecule has 1 aliphatic rings. The lowest BCUT2D eigenvalue weighted by Crippen LogP contribution is -2.41. The summed E-state index contributed by atoms with van der Waals surface area (Å²) in [5.41, 5.74) is 1.15. The molecule has 1 saturated carbocycles. The van der Waals surface area contributed by atoms with Gasteiger partial charge in [0.25, 0.3) is 0 Å². The molecule has 0 aromatic carbocycles. The number of aromatic nitrogens is 1. The van der Waals surface area contributed by atoms with Crippen molar-refractivity contribution in [3.05, 3.63) is 15.6 Å². The normalized spacial score (nSPS) is 26.2. The number of thiazole rings is 1. The van der Waals surface area contributed by atoms with Crippen LogP contribution in [0.5, 0.6) is 0 Å². The third-order valence-electron chi connectivity index (χ3n) is 3.94. The Balaban J connectivity index is 2.01. The van der Waals surface area contributed by atoms with E-state index in [0.717, 1.165) is 17.1 Å². The maximum Gasteiger partial charge on any atom is 0.0900 e. The minimum Gasteiger partial charge on any atom is -0.396 e. The molecule has 3 atom stereocenters. The van der Waals surface area contributed by atoms with Gasteiger partial charge in [0.15, 0.2) is 0 Å². The number of rotatable bonds is 4. The topological polar surface area (TPSA) is 45.2 Å². The van der Waals surface area contributed by atoms with E-state index in [1.54, 1.807) is 11.3 Å². The molecule has 2 N–H and O–H groups in total. The van der Waals surface area contributed by atoms with E-state index in [1.165, 1.54) is 24.1 Å². The fraction of sp³-hybridized carbons (Fsp3) is 0.786. The highest BCUT2D eigenvalue weighted by Gasteiger charge is 2.26. The first kappa shape index (κ1) is 14.0. The summed E-state index contributed by atoms with van der Waals surface area (Å²) in [6.07, 6.45) is 4.88. The Bertz CT molecular complexity index is 391. The minimum atomic E-state index is 0.311. The van der Waals surface area contributed by atoms with Crippen LogP contribution in [-0.2, 0) is 0 Å². The number of hydrogen-bond donors (Lipinski definition) is 2. The van der Waals surface area contributed by atoms with Crippen LogP contribution in [0.4, 0.5) is 0 Å². The first-order chi connectivity index (χ1) is 8.61. The Morgan fingerprint density at radius 1 is 1.39 bits per heavy atom. The highest BCUT2D eigenvalue weighted by atomic mass is 32.1. The van der Waals surface area contributed by atoms with Crippen molar-refractivity contribution in [3.8, 4) is 0 Å². The average Bonchev–Trinajstić information content (AvgIpc) is 2.69. The zero-order valence-electron chi connectivity index (χ0n) is 11.6. The standard InChI is InChI=1S/C14H24N2OS/c1-9-14(18-11(3)15-9)10(2)16-13-7-5-4-6-12(13)8-17/h10,12-13,16-17H,4-8H2,1-3H3. The fourth-order valence-corrected chi connectivity index (χ4v) is 3.93.